The van der Waals surface area contributed by atoms with Crippen molar-refractivity contribution in [2.24, 2.45) is 0 Å². The number of furan rings is 1. The Morgan fingerprint density at radius 1 is 1.19 bits per heavy atom. The van der Waals surface area contributed by atoms with Crippen LogP contribution >= 0.6 is 0 Å². The second-order valence-electron chi connectivity index (χ2n) is 4.90. The van der Waals surface area contributed by atoms with Crippen LogP contribution in [0.3, 0.4) is 0 Å². The van der Waals surface area contributed by atoms with E-state index in [1.54, 1.807) is 0 Å². The van der Waals surface area contributed by atoms with Crippen molar-refractivity contribution >= 4 is 22.0 Å². The van der Waals surface area contributed by atoms with Crippen molar-refractivity contribution in [3.63, 3.8) is 0 Å². The monoisotopic (exact) mass is 377 g/mol. The van der Waals surface area contributed by atoms with Gasteiger partial charge in [0.15, 0.2) is 0 Å². The average Bonchev–Trinajstić information content (AvgIpc) is 3.12. The van der Waals surface area contributed by atoms with Crippen molar-refractivity contribution in [1.82, 2.24) is 4.72 Å². The van der Waals surface area contributed by atoms with Crippen LogP contribution < -0.4 is 4.72 Å². The molecule has 136 valence electrons. The number of terminal acetylenes is 1. The van der Waals surface area contributed by atoms with E-state index >= 15 is 0 Å². The van der Waals surface area contributed by atoms with Crippen LogP contribution in [0.15, 0.2) is 45.9 Å². The molecule has 0 aliphatic carbocycles. The van der Waals surface area contributed by atoms with E-state index in [0.29, 0.717) is 5.56 Å². The van der Waals surface area contributed by atoms with Gasteiger partial charge in [-0.1, -0.05) is 5.92 Å². The first kappa shape index (κ1) is 19.2. The zero-order valence-corrected chi connectivity index (χ0v) is 14.5. The molecule has 9 heteroatoms. The molecule has 0 aliphatic rings. The first-order valence-electron chi connectivity index (χ1n) is 7.24. The molecule has 0 amide bonds. The average molecular weight is 377 g/mol. The van der Waals surface area contributed by atoms with Crippen LogP contribution in [0, 0.1) is 12.3 Å². The molecule has 0 saturated heterocycles. The number of rotatable bonds is 7. The lowest BCUT2D eigenvalue weighted by molar-refractivity contribution is 0.0453. The molecule has 0 aliphatic heterocycles. The van der Waals surface area contributed by atoms with Gasteiger partial charge in [0, 0.05) is 5.56 Å². The van der Waals surface area contributed by atoms with Crippen LogP contribution in [0.2, 0.25) is 0 Å². The van der Waals surface area contributed by atoms with Gasteiger partial charge in [0.2, 0.25) is 15.8 Å². The summed E-state index contributed by atoms with van der Waals surface area (Å²) in [7, 11) is -2.54. The van der Waals surface area contributed by atoms with E-state index in [9.17, 15) is 18.0 Å². The molecule has 1 heterocycles. The van der Waals surface area contributed by atoms with Gasteiger partial charge in [0.05, 0.1) is 30.4 Å². The summed E-state index contributed by atoms with van der Waals surface area (Å²) in [5, 5.41) is 0. The molecule has 0 saturated carbocycles. The molecule has 26 heavy (non-hydrogen) atoms. The second kappa shape index (κ2) is 8.33. The fourth-order valence-electron chi connectivity index (χ4n) is 1.94. The number of methoxy groups -OCH3 is 1. The highest BCUT2D eigenvalue weighted by Crippen LogP contribution is 2.15. The van der Waals surface area contributed by atoms with E-state index in [1.807, 2.05) is 0 Å². The summed E-state index contributed by atoms with van der Waals surface area (Å²) in [4.78, 5) is 23.5. The highest BCUT2D eigenvalue weighted by molar-refractivity contribution is 7.89. The molecule has 0 unspecified atom stereocenters. The Bertz CT molecular complexity index is 936. The Morgan fingerprint density at radius 2 is 1.88 bits per heavy atom. The minimum absolute atomic E-state index is 0.0351. The summed E-state index contributed by atoms with van der Waals surface area (Å²) in [6.07, 6.45) is 6.29. The van der Waals surface area contributed by atoms with Crippen molar-refractivity contribution in [2.45, 2.75) is 11.5 Å². The third-order valence-electron chi connectivity index (χ3n) is 3.24. The number of carbonyl (C=O) groups excluding carboxylic acids is 2. The topological polar surface area (TPSA) is 112 Å². The zero-order valence-electron chi connectivity index (χ0n) is 13.7. The highest BCUT2D eigenvalue weighted by atomic mass is 32.2. The number of hydrogen-bond acceptors (Lipinski definition) is 7. The van der Waals surface area contributed by atoms with Gasteiger partial charge in [-0.05, 0) is 30.3 Å². The molecule has 1 aromatic heterocycles. The lowest BCUT2D eigenvalue weighted by Gasteiger charge is -2.07. The molecule has 2 rings (SSSR count). The van der Waals surface area contributed by atoms with Crippen molar-refractivity contribution in [2.75, 3.05) is 13.7 Å². The summed E-state index contributed by atoms with van der Waals surface area (Å²) in [6.45, 7) is -0.344. The van der Waals surface area contributed by atoms with Crippen molar-refractivity contribution in [3.8, 4) is 12.3 Å². The van der Waals surface area contributed by atoms with Crippen LogP contribution in [0.1, 0.15) is 26.5 Å². The van der Waals surface area contributed by atoms with Crippen molar-refractivity contribution in [1.29, 1.82) is 0 Å². The van der Waals surface area contributed by atoms with Crippen LogP contribution in [-0.2, 0) is 26.1 Å². The number of nitrogens with one attached hydrogen (secondary N) is 1. The Labute approximate surface area is 150 Å². The predicted octanol–water partition coefficient (Wildman–Crippen LogP) is 1.33. The SMILES string of the molecule is C#CCNS(=O)(=O)c1ccc(C(=O)OCc2ccoc2C(=O)OC)cc1. The van der Waals surface area contributed by atoms with Crippen LogP contribution in [0.5, 0.6) is 0 Å². The fraction of sp³-hybridized carbons (Fsp3) is 0.176. The minimum Gasteiger partial charge on any atom is -0.463 e. The van der Waals surface area contributed by atoms with Gasteiger partial charge in [-0.25, -0.2) is 18.0 Å². The Hall–Kier alpha value is -3.09. The van der Waals surface area contributed by atoms with Gasteiger partial charge in [0.25, 0.3) is 0 Å². The van der Waals surface area contributed by atoms with Gasteiger partial charge in [-0.2, -0.15) is 4.72 Å². The largest absolute Gasteiger partial charge is 0.463 e. The second-order valence-corrected chi connectivity index (χ2v) is 6.66. The first-order valence-corrected chi connectivity index (χ1v) is 8.72. The van der Waals surface area contributed by atoms with Gasteiger partial charge < -0.3 is 13.9 Å². The van der Waals surface area contributed by atoms with E-state index in [0.717, 1.165) is 0 Å². The molecule has 1 aromatic carbocycles. The molecule has 8 nitrogen and oxygen atoms in total. The summed E-state index contributed by atoms with van der Waals surface area (Å²) in [6, 6.07) is 6.61. The standard InChI is InChI=1S/C17H15NO7S/c1-3-9-18-26(21,22)14-6-4-12(5-7-14)16(19)25-11-13-8-10-24-15(13)17(20)23-2/h1,4-8,10,18H,9,11H2,2H3. The molecular weight excluding hydrogens is 362 g/mol. The molecule has 0 radical (unpaired) electrons. The van der Waals surface area contributed by atoms with Gasteiger partial charge in [-0.15, -0.1) is 6.42 Å². The van der Waals surface area contributed by atoms with E-state index in [2.05, 4.69) is 15.4 Å². The fourth-order valence-corrected chi connectivity index (χ4v) is 2.87. The summed E-state index contributed by atoms with van der Waals surface area (Å²) in [5.41, 5.74) is 0.492. The van der Waals surface area contributed by atoms with Gasteiger partial charge >= 0.3 is 11.9 Å². The number of esters is 2. The number of ether oxygens (including phenoxy) is 2. The number of sulfonamides is 1. The molecule has 2 aromatic rings. The smallest absolute Gasteiger partial charge is 0.374 e. The van der Waals surface area contributed by atoms with Crippen molar-refractivity contribution in [3.05, 3.63) is 53.5 Å². The van der Waals surface area contributed by atoms with E-state index in [-0.39, 0.29) is 29.4 Å². The molecule has 0 fully saturated rings. The maximum Gasteiger partial charge on any atom is 0.374 e. The van der Waals surface area contributed by atoms with Crippen LogP contribution in [0.25, 0.3) is 0 Å². The molecule has 0 spiro atoms. The predicted molar refractivity (Wildman–Crippen MR) is 89.6 cm³/mol. The van der Waals surface area contributed by atoms with Crippen LogP contribution in [0.4, 0.5) is 0 Å². The normalized spacial score (nSPS) is 10.8. The van der Waals surface area contributed by atoms with Gasteiger partial charge in [0.1, 0.15) is 6.61 Å². The quantitative estimate of drug-likeness (QED) is 0.572. The Balaban J connectivity index is 2.04. The third kappa shape index (κ3) is 4.50. The highest BCUT2D eigenvalue weighted by Gasteiger charge is 2.18. The first-order chi connectivity index (χ1) is 12.4. The van der Waals surface area contributed by atoms with E-state index in [1.165, 1.54) is 43.7 Å². The van der Waals surface area contributed by atoms with Crippen LogP contribution in [-0.4, -0.2) is 34.0 Å². The minimum atomic E-state index is -3.74. The number of hydrogen-bond donors (Lipinski definition) is 1. The maximum atomic E-state index is 12.1. The molecule has 1 N–H and O–H groups in total. The Morgan fingerprint density at radius 3 is 2.50 bits per heavy atom. The maximum absolute atomic E-state index is 12.1. The molecular formula is C17H15NO7S. The molecule has 0 bridgehead atoms. The lowest BCUT2D eigenvalue weighted by Crippen LogP contribution is -2.23. The third-order valence-corrected chi connectivity index (χ3v) is 4.66. The van der Waals surface area contributed by atoms with Crippen molar-refractivity contribution < 1.29 is 31.9 Å². The Kier molecular flexibility index (Phi) is 6.16. The van der Waals surface area contributed by atoms with E-state index in [4.69, 9.17) is 15.6 Å². The van der Waals surface area contributed by atoms with E-state index < -0.39 is 22.0 Å². The number of benzene rings is 1. The van der Waals surface area contributed by atoms with Gasteiger partial charge in [-0.3, -0.25) is 0 Å². The summed E-state index contributed by atoms with van der Waals surface area (Å²) in [5.74, 6) is 0.733. The summed E-state index contributed by atoms with van der Waals surface area (Å²) < 4.78 is 40.7. The molecule has 0 atom stereocenters. The lowest BCUT2D eigenvalue weighted by atomic mass is 10.2. The summed E-state index contributed by atoms with van der Waals surface area (Å²) >= 11 is 0. The number of carbonyl (C=O) groups is 2. The zero-order chi connectivity index (χ0) is 19.2.